The molecule has 1 amide bonds. The maximum atomic E-state index is 13.4. The summed E-state index contributed by atoms with van der Waals surface area (Å²) in [5.74, 6) is 0.0677. The summed E-state index contributed by atoms with van der Waals surface area (Å²) in [5, 5.41) is 1.06. The molecule has 0 atom stereocenters. The van der Waals surface area contributed by atoms with E-state index < -0.39 is 0 Å². The lowest BCUT2D eigenvalue weighted by Crippen LogP contribution is -2.33. The number of aromatic nitrogens is 2. The van der Waals surface area contributed by atoms with Gasteiger partial charge in [0.05, 0.1) is 11.1 Å². The molecule has 4 rings (SSSR count). The van der Waals surface area contributed by atoms with Crippen LogP contribution in [0.5, 0.6) is 0 Å². The molecule has 1 saturated carbocycles. The largest absolute Gasteiger partial charge is 0.331 e. The first-order chi connectivity index (χ1) is 12.1. The average Bonchev–Trinajstić information content (AvgIpc) is 3.45. The molecule has 1 aliphatic carbocycles. The number of pyridine rings is 2. The van der Waals surface area contributed by atoms with Gasteiger partial charge in [-0.3, -0.25) is 14.8 Å². The van der Waals surface area contributed by atoms with E-state index >= 15 is 0 Å². The Kier molecular flexibility index (Phi) is 3.96. The fraction of sp³-hybridized carbons (Fsp3) is 0.286. The van der Waals surface area contributed by atoms with Crippen LogP contribution >= 0.6 is 0 Å². The summed E-state index contributed by atoms with van der Waals surface area (Å²) in [6.45, 7) is 4.69. The first-order valence-electron chi connectivity index (χ1n) is 8.69. The molecule has 0 aliphatic heterocycles. The van der Waals surface area contributed by atoms with E-state index in [9.17, 15) is 4.79 Å². The molecule has 0 bridgehead atoms. The van der Waals surface area contributed by atoms with Crippen molar-refractivity contribution in [2.24, 2.45) is 0 Å². The molecular formula is C21H21N3O. The van der Waals surface area contributed by atoms with Crippen molar-refractivity contribution < 1.29 is 4.79 Å². The van der Waals surface area contributed by atoms with Gasteiger partial charge in [0.25, 0.3) is 5.91 Å². The number of hydrogen-bond acceptors (Lipinski definition) is 3. The van der Waals surface area contributed by atoms with Crippen LogP contribution in [0, 0.1) is 13.8 Å². The summed E-state index contributed by atoms with van der Waals surface area (Å²) in [6, 6.07) is 10.3. The van der Waals surface area contributed by atoms with Crippen molar-refractivity contribution in [2.45, 2.75) is 39.3 Å². The van der Waals surface area contributed by atoms with Gasteiger partial charge in [-0.1, -0.05) is 6.07 Å². The summed E-state index contributed by atoms with van der Waals surface area (Å²) in [6.07, 6.45) is 7.52. The van der Waals surface area contributed by atoms with Crippen LogP contribution in [-0.4, -0.2) is 26.8 Å². The number of aryl methyl sites for hydroxylation is 2. The van der Waals surface area contributed by atoms with Gasteiger partial charge in [0.15, 0.2) is 0 Å². The molecule has 126 valence electrons. The van der Waals surface area contributed by atoms with Crippen LogP contribution in [0.4, 0.5) is 0 Å². The second-order valence-corrected chi connectivity index (χ2v) is 6.86. The smallest absolute Gasteiger partial charge is 0.256 e. The van der Waals surface area contributed by atoms with E-state index in [2.05, 4.69) is 23.0 Å². The number of fused-ring (bicyclic) bond motifs is 1. The predicted octanol–water partition coefficient (Wildman–Crippen LogP) is 4.05. The van der Waals surface area contributed by atoms with Crippen LogP contribution in [0.25, 0.3) is 10.9 Å². The minimum Gasteiger partial charge on any atom is -0.331 e. The first-order valence-corrected chi connectivity index (χ1v) is 8.69. The fourth-order valence-corrected chi connectivity index (χ4v) is 3.29. The molecule has 25 heavy (non-hydrogen) atoms. The summed E-state index contributed by atoms with van der Waals surface area (Å²) in [5.41, 5.74) is 4.79. The molecule has 0 N–H and O–H groups in total. The standard InChI is InChI=1S/C21H21N3O/c1-14-10-18-15(2)7-9-23-20(18)19(11-14)21(25)24(17-5-6-17)13-16-4-3-8-22-12-16/h3-4,7-12,17H,5-6,13H2,1-2H3. The predicted molar refractivity (Wildman–Crippen MR) is 98.3 cm³/mol. The Hall–Kier alpha value is -2.75. The lowest BCUT2D eigenvalue weighted by Gasteiger charge is -2.23. The van der Waals surface area contributed by atoms with Crippen molar-refractivity contribution in [1.29, 1.82) is 0 Å². The van der Waals surface area contributed by atoms with Gasteiger partial charge in [0.1, 0.15) is 0 Å². The van der Waals surface area contributed by atoms with Gasteiger partial charge in [-0.25, -0.2) is 0 Å². The van der Waals surface area contributed by atoms with Gasteiger partial charge in [0.2, 0.25) is 0 Å². The zero-order valence-corrected chi connectivity index (χ0v) is 14.6. The monoisotopic (exact) mass is 331 g/mol. The number of rotatable bonds is 4. The summed E-state index contributed by atoms with van der Waals surface area (Å²) in [4.78, 5) is 24.0. The SMILES string of the molecule is Cc1cc(C(=O)N(Cc2cccnc2)C2CC2)c2nccc(C)c2c1. The molecule has 2 heterocycles. The normalized spacial score (nSPS) is 13.8. The van der Waals surface area contributed by atoms with Gasteiger partial charge >= 0.3 is 0 Å². The van der Waals surface area contributed by atoms with Crippen molar-refractivity contribution in [3.05, 3.63) is 71.2 Å². The maximum Gasteiger partial charge on any atom is 0.256 e. The maximum absolute atomic E-state index is 13.4. The topological polar surface area (TPSA) is 46.1 Å². The van der Waals surface area contributed by atoms with Gasteiger partial charge in [-0.15, -0.1) is 0 Å². The van der Waals surface area contributed by atoms with Gasteiger partial charge in [-0.2, -0.15) is 0 Å². The quantitative estimate of drug-likeness (QED) is 0.724. The molecule has 4 heteroatoms. The summed E-state index contributed by atoms with van der Waals surface area (Å²) in [7, 11) is 0. The molecule has 2 aromatic heterocycles. The number of hydrogen-bond donors (Lipinski definition) is 0. The summed E-state index contributed by atoms with van der Waals surface area (Å²) >= 11 is 0. The van der Waals surface area contributed by atoms with Crippen LogP contribution < -0.4 is 0 Å². The van der Waals surface area contributed by atoms with E-state index in [1.165, 1.54) is 0 Å². The second-order valence-electron chi connectivity index (χ2n) is 6.86. The third-order valence-electron chi connectivity index (χ3n) is 4.76. The van der Waals surface area contributed by atoms with Gasteiger partial charge in [0, 0.05) is 36.6 Å². The number of nitrogens with zero attached hydrogens (tertiary/aromatic N) is 3. The molecule has 0 radical (unpaired) electrons. The van der Waals surface area contributed by atoms with Crippen molar-refractivity contribution in [2.75, 3.05) is 0 Å². The Balaban J connectivity index is 1.76. The second kappa shape index (κ2) is 6.28. The third-order valence-corrected chi connectivity index (χ3v) is 4.76. The highest BCUT2D eigenvalue weighted by Crippen LogP contribution is 2.31. The van der Waals surface area contributed by atoms with E-state index in [4.69, 9.17) is 0 Å². The van der Waals surface area contributed by atoms with Gasteiger partial charge in [-0.05, 0) is 67.6 Å². The van der Waals surface area contributed by atoms with E-state index in [1.807, 2.05) is 42.3 Å². The first kappa shape index (κ1) is 15.8. The number of carbonyl (C=O) groups excluding carboxylic acids is 1. The molecule has 1 aromatic carbocycles. The molecule has 3 aromatic rings. The van der Waals surface area contributed by atoms with Crippen molar-refractivity contribution in [1.82, 2.24) is 14.9 Å². The van der Waals surface area contributed by atoms with Crippen LogP contribution in [0.3, 0.4) is 0 Å². The number of carbonyl (C=O) groups is 1. The van der Waals surface area contributed by atoms with Crippen molar-refractivity contribution in [3.63, 3.8) is 0 Å². The molecule has 0 spiro atoms. The van der Waals surface area contributed by atoms with Crippen LogP contribution in [0.15, 0.2) is 48.9 Å². The molecule has 4 nitrogen and oxygen atoms in total. The van der Waals surface area contributed by atoms with Crippen LogP contribution in [-0.2, 0) is 6.54 Å². The zero-order valence-electron chi connectivity index (χ0n) is 14.6. The Morgan fingerprint density at radius 1 is 1.20 bits per heavy atom. The lowest BCUT2D eigenvalue weighted by atomic mass is 10.0. The van der Waals surface area contributed by atoms with Crippen LogP contribution in [0.1, 0.15) is 39.9 Å². The molecule has 0 saturated heterocycles. The highest BCUT2D eigenvalue weighted by atomic mass is 16.2. The molecular weight excluding hydrogens is 310 g/mol. The van der Waals surface area contributed by atoms with E-state index in [0.717, 1.165) is 40.4 Å². The Labute approximate surface area is 147 Å². The Bertz CT molecular complexity index is 933. The van der Waals surface area contributed by atoms with Crippen molar-refractivity contribution >= 4 is 16.8 Å². The van der Waals surface area contributed by atoms with Gasteiger partial charge < -0.3 is 4.90 Å². The molecule has 1 aliphatic rings. The highest BCUT2D eigenvalue weighted by Gasteiger charge is 2.34. The lowest BCUT2D eigenvalue weighted by molar-refractivity contribution is 0.0731. The Morgan fingerprint density at radius 2 is 2.04 bits per heavy atom. The average molecular weight is 331 g/mol. The van der Waals surface area contributed by atoms with Crippen LogP contribution in [0.2, 0.25) is 0 Å². The van der Waals surface area contributed by atoms with Crippen molar-refractivity contribution in [3.8, 4) is 0 Å². The van der Waals surface area contributed by atoms with E-state index in [-0.39, 0.29) is 5.91 Å². The highest BCUT2D eigenvalue weighted by molar-refractivity contribution is 6.06. The zero-order chi connectivity index (χ0) is 17.4. The summed E-state index contributed by atoms with van der Waals surface area (Å²) < 4.78 is 0. The van der Waals surface area contributed by atoms with E-state index in [1.54, 1.807) is 12.4 Å². The fourth-order valence-electron chi connectivity index (χ4n) is 3.29. The Morgan fingerprint density at radius 3 is 2.76 bits per heavy atom. The molecule has 1 fully saturated rings. The number of benzene rings is 1. The minimum absolute atomic E-state index is 0.0677. The molecule has 0 unspecified atom stereocenters. The number of amides is 1. The third kappa shape index (κ3) is 3.12. The van der Waals surface area contributed by atoms with E-state index in [0.29, 0.717) is 18.2 Å². The minimum atomic E-state index is 0.0677.